The number of aromatic nitrogens is 2. The summed E-state index contributed by atoms with van der Waals surface area (Å²) in [5.41, 5.74) is 1.96. The van der Waals surface area contributed by atoms with E-state index in [0.717, 1.165) is 35.3 Å². The van der Waals surface area contributed by atoms with Crippen LogP contribution < -0.4 is 5.32 Å². The second kappa shape index (κ2) is 5.57. The average molecular weight is 290 g/mol. The van der Waals surface area contributed by atoms with Gasteiger partial charge in [-0.2, -0.15) is 10.2 Å². The molecule has 20 heavy (non-hydrogen) atoms. The second-order valence-corrected chi connectivity index (χ2v) is 6.28. The number of alkyl halides is 1. The highest BCUT2D eigenvalue weighted by atomic mass is 35.5. The minimum Gasteiger partial charge on any atom is -0.377 e. The van der Waals surface area contributed by atoms with Gasteiger partial charge in [0.2, 0.25) is 0 Å². The first-order valence-corrected chi connectivity index (χ1v) is 7.80. The number of hydrogen-bond donors (Lipinski definition) is 1. The maximum absolute atomic E-state index is 6.30. The number of nitrogens with zero attached hydrogens (tertiary/aromatic N) is 2. The van der Waals surface area contributed by atoms with Crippen molar-refractivity contribution in [3.63, 3.8) is 0 Å². The molecule has 1 N–H and O–H groups in total. The highest BCUT2D eigenvalue weighted by Gasteiger charge is 2.34. The molecule has 0 aliphatic heterocycles. The van der Waals surface area contributed by atoms with E-state index < -0.39 is 0 Å². The van der Waals surface area contributed by atoms with Crippen molar-refractivity contribution in [2.24, 2.45) is 5.92 Å². The number of hydrogen-bond acceptors (Lipinski definition) is 3. The summed E-state index contributed by atoms with van der Waals surface area (Å²) in [7, 11) is 0. The maximum atomic E-state index is 6.30. The quantitative estimate of drug-likeness (QED) is 0.859. The first-order valence-electron chi connectivity index (χ1n) is 7.27. The Hall–Kier alpha value is -1.35. The molecule has 0 bridgehead atoms. The fourth-order valence-corrected chi connectivity index (χ4v) is 3.63. The predicted molar refractivity (Wildman–Crippen MR) is 84.2 cm³/mol. The van der Waals surface area contributed by atoms with Crippen molar-refractivity contribution in [1.29, 1.82) is 0 Å². The van der Waals surface area contributed by atoms with Gasteiger partial charge < -0.3 is 5.32 Å². The summed E-state index contributed by atoms with van der Waals surface area (Å²) in [4.78, 5) is 0. The molecule has 1 aliphatic carbocycles. The lowest BCUT2D eigenvalue weighted by molar-refractivity contribution is 0.279. The van der Waals surface area contributed by atoms with Crippen molar-refractivity contribution in [3.05, 3.63) is 30.5 Å². The van der Waals surface area contributed by atoms with Gasteiger partial charge in [0, 0.05) is 11.3 Å². The van der Waals surface area contributed by atoms with Gasteiger partial charge >= 0.3 is 0 Å². The minimum atomic E-state index is -0.00890. The zero-order valence-electron chi connectivity index (χ0n) is 11.8. The van der Waals surface area contributed by atoms with Gasteiger partial charge in [-0.1, -0.05) is 38.0 Å². The summed E-state index contributed by atoms with van der Waals surface area (Å²) in [5, 5.41) is 13.1. The zero-order chi connectivity index (χ0) is 14.0. The molecule has 1 fully saturated rings. The smallest absolute Gasteiger partial charge is 0.0950 e. The molecule has 3 nitrogen and oxygen atoms in total. The van der Waals surface area contributed by atoms with Gasteiger partial charge in [0.05, 0.1) is 22.9 Å². The van der Waals surface area contributed by atoms with Crippen molar-refractivity contribution >= 4 is 28.2 Å². The van der Waals surface area contributed by atoms with Gasteiger partial charge in [-0.25, -0.2) is 0 Å². The highest BCUT2D eigenvalue weighted by molar-refractivity contribution is 6.19. The number of halogens is 1. The number of nitrogens with one attached hydrogen (secondary N) is 1. The Bertz CT molecular complexity index is 596. The Balaban J connectivity index is 1.95. The Morgan fingerprint density at radius 1 is 1.40 bits per heavy atom. The van der Waals surface area contributed by atoms with Crippen LogP contribution in [0.15, 0.2) is 30.5 Å². The van der Waals surface area contributed by atoms with E-state index in [1.807, 2.05) is 24.4 Å². The fourth-order valence-electron chi connectivity index (χ4n) is 3.32. The summed E-state index contributed by atoms with van der Waals surface area (Å²) in [6.45, 7) is 2.31. The average Bonchev–Trinajstić information content (AvgIpc) is 2.48. The SMILES string of the molecule is CC1CCCC(CCl)(Nc2cnnc3ccccc23)C1. The van der Waals surface area contributed by atoms with Crippen LogP contribution in [0.3, 0.4) is 0 Å². The van der Waals surface area contributed by atoms with Gasteiger partial charge in [0.1, 0.15) is 0 Å². The normalized spacial score (nSPS) is 26.6. The number of fused-ring (bicyclic) bond motifs is 1. The lowest BCUT2D eigenvalue weighted by Gasteiger charge is -2.40. The standard InChI is InChI=1S/C16H20ClN3/c1-12-5-4-8-16(9-12,11-17)19-15-10-18-20-14-7-3-2-6-13(14)15/h2-3,6-7,10,12H,4-5,8-9,11H2,1H3,(H,19,20). The zero-order valence-corrected chi connectivity index (χ0v) is 12.5. The molecule has 2 aromatic rings. The molecule has 0 saturated heterocycles. The van der Waals surface area contributed by atoms with E-state index in [2.05, 4.69) is 28.5 Å². The van der Waals surface area contributed by atoms with Crippen LogP contribution in [0, 0.1) is 5.92 Å². The maximum Gasteiger partial charge on any atom is 0.0950 e. The van der Waals surface area contributed by atoms with Crippen molar-refractivity contribution in [2.45, 2.75) is 38.1 Å². The molecule has 106 valence electrons. The molecule has 1 aromatic heterocycles. The molecule has 3 rings (SSSR count). The molecule has 1 saturated carbocycles. The van der Waals surface area contributed by atoms with Crippen LogP contribution in [0.4, 0.5) is 5.69 Å². The molecule has 0 spiro atoms. The number of benzene rings is 1. The fraction of sp³-hybridized carbons (Fsp3) is 0.500. The molecular weight excluding hydrogens is 270 g/mol. The van der Waals surface area contributed by atoms with Crippen molar-refractivity contribution < 1.29 is 0 Å². The number of rotatable bonds is 3. The van der Waals surface area contributed by atoms with E-state index in [-0.39, 0.29) is 5.54 Å². The Labute approximate surface area is 124 Å². The van der Waals surface area contributed by atoms with Gasteiger partial charge in [0.25, 0.3) is 0 Å². The molecule has 4 heteroatoms. The predicted octanol–water partition coefficient (Wildman–Crippen LogP) is 4.23. The van der Waals surface area contributed by atoms with Crippen molar-refractivity contribution in [1.82, 2.24) is 10.2 Å². The van der Waals surface area contributed by atoms with Crippen LogP contribution in [0.1, 0.15) is 32.6 Å². The van der Waals surface area contributed by atoms with Gasteiger partial charge in [-0.3, -0.25) is 0 Å². The Morgan fingerprint density at radius 2 is 2.25 bits per heavy atom. The summed E-state index contributed by atoms with van der Waals surface area (Å²) < 4.78 is 0. The summed E-state index contributed by atoms with van der Waals surface area (Å²) in [6, 6.07) is 8.10. The molecule has 2 atom stereocenters. The second-order valence-electron chi connectivity index (χ2n) is 6.02. The first-order chi connectivity index (χ1) is 9.72. The summed E-state index contributed by atoms with van der Waals surface area (Å²) >= 11 is 6.30. The monoisotopic (exact) mass is 289 g/mol. The van der Waals surface area contributed by atoms with E-state index in [1.165, 1.54) is 12.8 Å². The van der Waals surface area contributed by atoms with Crippen LogP contribution >= 0.6 is 11.6 Å². The lowest BCUT2D eigenvalue weighted by Crippen LogP contribution is -2.44. The molecule has 1 heterocycles. The van der Waals surface area contributed by atoms with Crippen LogP contribution in [0.25, 0.3) is 10.9 Å². The summed E-state index contributed by atoms with van der Waals surface area (Å²) in [6.07, 6.45) is 6.59. The molecule has 1 aliphatic rings. The lowest BCUT2D eigenvalue weighted by atomic mass is 9.77. The number of anilines is 1. The minimum absolute atomic E-state index is 0.00890. The van der Waals surface area contributed by atoms with Crippen molar-refractivity contribution in [2.75, 3.05) is 11.2 Å². The van der Waals surface area contributed by atoms with E-state index in [9.17, 15) is 0 Å². The van der Waals surface area contributed by atoms with Crippen LogP contribution in [-0.2, 0) is 0 Å². The van der Waals surface area contributed by atoms with E-state index in [0.29, 0.717) is 5.88 Å². The van der Waals surface area contributed by atoms with Crippen molar-refractivity contribution in [3.8, 4) is 0 Å². The van der Waals surface area contributed by atoms with E-state index in [4.69, 9.17) is 11.6 Å². The first kappa shape index (κ1) is 13.6. The van der Waals surface area contributed by atoms with E-state index >= 15 is 0 Å². The largest absolute Gasteiger partial charge is 0.377 e. The molecule has 0 radical (unpaired) electrons. The Kier molecular flexibility index (Phi) is 3.79. The molecular formula is C16H20ClN3. The molecule has 1 aromatic carbocycles. The third-order valence-electron chi connectivity index (χ3n) is 4.29. The molecule has 0 amide bonds. The van der Waals surface area contributed by atoms with Gasteiger partial charge in [0.15, 0.2) is 0 Å². The van der Waals surface area contributed by atoms with Gasteiger partial charge in [-0.15, -0.1) is 11.6 Å². The van der Waals surface area contributed by atoms with E-state index in [1.54, 1.807) is 0 Å². The third kappa shape index (κ3) is 2.59. The third-order valence-corrected chi connectivity index (χ3v) is 4.81. The Morgan fingerprint density at radius 3 is 3.05 bits per heavy atom. The van der Waals surface area contributed by atoms with Crippen LogP contribution in [0.5, 0.6) is 0 Å². The topological polar surface area (TPSA) is 37.8 Å². The molecule has 2 unspecified atom stereocenters. The highest BCUT2D eigenvalue weighted by Crippen LogP contribution is 2.37. The van der Waals surface area contributed by atoms with Crippen LogP contribution in [0.2, 0.25) is 0 Å². The van der Waals surface area contributed by atoms with Gasteiger partial charge in [-0.05, 0) is 24.8 Å². The van der Waals surface area contributed by atoms with Crippen LogP contribution in [-0.4, -0.2) is 21.6 Å². The summed E-state index contributed by atoms with van der Waals surface area (Å²) in [5.74, 6) is 1.35.